The van der Waals surface area contributed by atoms with E-state index in [4.69, 9.17) is 4.74 Å². The number of esters is 1. The van der Waals surface area contributed by atoms with Gasteiger partial charge in [-0.15, -0.1) is 22.7 Å². The first-order chi connectivity index (χ1) is 15.0. The maximum atomic E-state index is 13.0. The molecule has 0 saturated heterocycles. The minimum Gasteiger partial charge on any atom is -0.462 e. The smallest absolute Gasteiger partial charge is 0.341 e. The Kier molecular flexibility index (Phi) is 8.04. The first-order valence-corrected chi connectivity index (χ1v) is 12.5. The van der Waals surface area contributed by atoms with E-state index in [9.17, 15) is 9.59 Å². The molecule has 0 aliphatic heterocycles. The van der Waals surface area contributed by atoms with Crippen LogP contribution in [0.15, 0.2) is 35.7 Å². The van der Waals surface area contributed by atoms with E-state index in [1.807, 2.05) is 25.3 Å². The third-order valence-corrected chi connectivity index (χ3v) is 7.10. The normalized spacial score (nSPS) is 10.8. The summed E-state index contributed by atoms with van der Waals surface area (Å²) in [6.45, 7) is 8.51. The average molecular weight is 456 g/mol. The molecule has 2 heterocycles. The van der Waals surface area contributed by atoms with Crippen LogP contribution < -0.4 is 5.32 Å². The Hall–Kier alpha value is -2.44. The van der Waals surface area contributed by atoms with Crippen LogP contribution in [-0.2, 0) is 17.6 Å². The Labute approximate surface area is 192 Å². The Morgan fingerprint density at radius 1 is 1.06 bits per heavy atom. The molecule has 0 spiro atoms. The standard InChI is InChI=1S/C25H29NO3S2/c1-5-8-17-9-11-18(12-10-17)21-16(4)31-24(22(21)25(28)29-13-6-2)26-23(27)19-14-20(7-3)30-15-19/h9-12,14-15H,5-8,13H2,1-4H3,(H,26,27). The summed E-state index contributed by atoms with van der Waals surface area (Å²) < 4.78 is 5.48. The summed E-state index contributed by atoms with van der Waals surface area (Å²) in [4.78, 5) is 28.0. The number of hydrogen-bond donors (Lipinski definition) is 1. The number of carbonyl (C=O) groups excluding carboxylic acids is 2. The number of aryl methyl sites for hydroxylation is 3. The van der Waals surface area contributed by atoms with Gasteiger partial charge in [-0.25, -0.2) is 4.79 Å². The summed E-state index contributed by atoms with van der Waals surface area (Å²) in [6.07, 6.45) is 3.75. The zero-order chi connectivity index (χ0) is 22.4. The van der Waals surface area contributed by atoms with E-state index in [0.717, 1.165) is 46.6 Å². The zero-order valence-corrected chi connectivity index (χ0v) is 20.2. The van der Waals surface area contributed by atoms with Crippen molar-refractivity contribution >= 4 is 39.6 Å². The highest BCUT2D eigenvalue weighted by Crippen LogP contribution is 2.41. The van der Waals surface area contributed by atoms with Gasteiger partial charge in [0.2, 0.25) is 0 Å². The molecule has 6 heteroatoms. The van der Waals surface area contributed by atoms with Gasteiger partial charge in [0.25, 0.3) is 5.91 Å². The van der Waals surface area contributed by atoms with Crippen molar-refractivity contribution < 1.29 is 14.3 Å². The van der Waals surface area contributed by atoms with Crippen LogP contribution in [0.25, 0.3) is 11.1 Å². The van der Waals surface area contributed by atoms with Crippen molar-refractivity contribution in [2.75, 3.05) is 11.9 Å². The van der Waals surface area contributed by atoms with Gasteiger partial charge < -0.3 is 10.1 Å². The lowest BCUT2D eigenvalue weighted by molar-refractivity contribution is 0.0507. The summed E-state index contributed by atoms with van der Waals surface area (Å²) >= 11 is 2.99. The number of hydrogen-bond acceptors (Lipinski definition) is 5. The largest absolute Gasteiger partial charge is 0.462 e. The number of nitrogens with one attached hydrogen (secondary N) is 1. The molecule has 0 saturated carbocycles. The van der Waals surface area contributed by atoms with Crippen LogP contribution in [0, 0.1) is 6.92 Å². The maximum Gasteiger partial charge on any atom is 0.341 e. The Balaban J connectivity index is 1.99. The number of ether oxygens (including phenoxy) is 1. The third-order valence-electron chi connectivity index (χ3n) is 5.00. The summed E-state index contributed by atoms with van der Waals surface area (Å²) in [7, 11) is 0. The van der Waals surface area contributed by atoms with Crippen LogP contribution in [-0.4, -0.2) is 18.5 Å². The van der Waals surface area contributed by atoms with Gasteiger partial charge in [-0.1, -0.05) is 51.5 Å². The number of thiophene rings is 2. The molecule has 0 aliphatic carbocycles. The van der Waals surface area contributed by atoms with Crippen LogP contribution in [0.3, 0.4) is 0 Å². The molecule has 0 atom stereocenters. The van der Waals surface area contributed by atoms with E-state index in [1.165, 1.54) is 16.9 Å². The minimum absolute atomic E-state index is 0.202. The molecule has 0 radical (unpaired) electrons. The highest BCUT2D eigenvalue weighted by molar-refractivity contribution is 7.17. The van der Waals surface area contributed by atoms with Gasteiger partial charge >= 0.3 is 5.97 Å². The van der Waals surface area contributed by atoms with Crippen molar-refractivity contribution in [2.24, 2.45) is 0 Å². The van der Waals surface area contributed by atoms with E-state index < -0.39 is 5.97 Å². The number of rotatable bonds is 9. The molecule has 1 aromatic carbocycles. The molecule has 4 nitrogen and oxygen atoms in total. The molecule has 1 N–H and O–H groups in total. The molecule has 0 bridgehead atoms. The predicted molar refractivity (Wildman–Crippen MR) is 131 cm³/mol. The number of benzene rings is 1. The summed E-state index contributed by atoms with van der Waals surface area (Å²) in [5.41, 5.74) is 4.13. The summed E-state index contributed by atoms with van der Waals surface area (Å²) in [6, 6.07) is 10.2. The third kappa shape index (κ3) is 5.43. The van der Waals surface area contributed by atoms with Gasteiger partial charge in [-0.2, -0.15) is 0 Å². The van der Waals surface area contributed by atoms with E-state index >= 15 is 0 Å². The van der Waals surface area contributed by atoms with Crippen LogP contribution in [0.1, 0.15) is 69.6 Å². The number of anilines is 1. The van der Waals surface area contributed by atoms with Crippen molar-refractivity contribution in [3.63, 3.8) is 0 Å². The second kappa shape index (κ2) is 10.7. The lowest BCUT2D eigenvalue weighted by Gasteiger charge is -2.10. The van der Waals surface area contributed by atoms with Crippen molar-refractivity contribution in [3.05, 3.63) is 62.2 Å². The highest BCUT2D eigenvalue weighted by atomic mass is 32.1. The first-order valence-electron chi connectivity index (χ1n) is 10.8. The van der Waals surface area contributed by atoms with E-state index in [-0.39, 0.29) is 5.91 Å². The number of carbonyl (C=O) groups is 2. The topological polar surface area (TPSA) is 55.4 Å². The second-order valence-electron chi connectivity index (χ2n) is 7.43. The van der Waals surface area contributed by atoms with Crippen molar-refractivity contribution in [2.45, 2.75) is 53.4 Å². The van der Waals surface area contributed by atoms with Gasteiger partial charge in [-0.05, 0) is 43.4 Å². The molecule has 31 heavy (non-hydrogen) atoms. The van der Waals surface area contributed by atoms with Gasteiger partial charge in [0.1, 0.15) is 10.6 Å². The minimum atomic E-state index is -0.395. The monoisotopic (exact) mass is 455 g/mol. The van der Waals surface area contributed by atoms with E-state index in [1.54, 1.807) is 11.3 Å². The lowest BCUT2D eigenvalue weighted by Crippen LogP contribution is -2.14. The van der Waals surface area contributed by atoms with Crippen molar-refractivity contribution in [1.29, 1.82) is 0 Å². The van der Waals surface area contributed by atoms with Crippen molar-refractivity contribution in [1.82, 2.24) is 0 Å². The molecule has 2 aromatic heterocycles. The van der Waals surface area contributed by atoms with E-state index in [0.29, 0.717) is 22.7 Å². The fourth-order valence-corrected chi connectivity index (χ4v) is 5.30. The molecule has 3 rings (SSSR count). The van der Waals surface area contributed by atoms with Gasteiger partial charge in [0.05, 0.1) is 12.2 Å². The summed E-state index contributed by atoms with van der Waals surface area (Å²) in [5.74, 6) is -0.597. The van der Waals surface area contributed by atoms with E-state index in [2.05, 4.69) is 43.4 Å². The van der Waals surface area contributed by atoms with Crippen LogP contribution in [0.5, 0.6) is 0 Å². The SMILES string of the molecule is CCCOC(=O)c1c(NC(=O)c2csc(CC)c2)sc(C)c1-c1ccc(CCC)cc1. The fraction of sp³-hybridized carbons (Fsp3) is 0.360. The average Bonchev–Trinajstić information content (AvgIpc) is 3.37. The summed E-state index contributed by atoms with van der Waals surface area (Å²) in [5, 5.41) is 5.37. The Bertz CT molecular complexity index is 1050. The molecule has 0 aliphatic rings. The molecule has 0 fully saturated rings. The van der Waals surface area contributed by atoms with Gasteiger partial charge in [0.15, 0.2) is 0 Å². The zero-order valence-electron chi connectivity index (χ0n) is 18.5. The molecule has 3 aromatic rings. The quantitative estimate of drug-likeness (QED) is 0.350. The predicted octanol–water partition coefficient (Wildman–Crippen LogP) is 7.12. The molecular formula is C25H29NO3S2. The van der Waals surface area contributed by atoms with Gasteiger partial charge in [-0.3, -0.25) is 4.79 Å². The highest BCUT2D eigenvalue weighted by Gasteiger charge is 2.26. The van der Waals surface area contributed by atoms with Crippen LogP contribution in [0.4, 0.5) is 5.00 Å². The molecular weight excluding hydrogens is 426 g/mol. The molecule has 164 valence electrons. The Morgan fingerprint density at radius 3 is 2.42 bits per heavy atom. The van der Waals surface area contributed by atoms with Gasteiger partial charge in [0, 0.05) is 20.7 Å². The molecule has 1 amide bonds. The van der Waals surface area contributed by atoms with Crippen LogP contribution >= 0.6 is 22.7 Å². The lowest BCUT2D eigenvalue weighted by atomic mass is 9.99. The van der Waals surface area contributed by atoms with Crippen molar-refractivity contribution in [3.8, 4) is 11.1 Å². The molecule has 0 unspecified atom stereocenters. The van der Waals surface area contributed by atoms with Crippen LogP contribution in [0.2, 0.25) is 0 Å². The first kappa shape index (κ1) is 23.2. The fourth-order valence-electron chi connectivity index (χ4n) is 3.43. The number of amides is 1. The Morgan fingerprint density at radius 2 is 1.81 bits per heavy atom. The second-order valence-corrected chi connectivity index (χ2v) is 9.65. The maximum absolute atomic E-state index is 13.0.